The Balaban J connectivity index is 1.89. The van der Waals surface area contributed by atoms with Crippen LogP contribution in [0.3, 0.4) is 0 Å². The SMILES string of the molecule is O=C(Nc1cc(Oc2ccc(Cl)cc2)cc([N+](=O)[O-])c1)c1n[nH]c([N+](=O)[O-])c1Br. The Hall–Kier alpha value is -3.51. The minimum absolute atomic E-state index is 0.0331. The zero-order chi connectivity index (χ0) is 21.1. The first-order valence-electron chi connectivity index (χ1n) is 7.67. The fraction of sp³-hybridized carbons (Fsp3) is 0. The number of aromatic nitrogens is 2. The molecule has 1 heterocycles. The lowest BCUT2D eigenvalue weighted by atomic mass is 10.2. The van der Waals surface area contributed by atoms with E-state index in [4.69, 9.17) is 16.3 Å². The molecule has 0 spiro atoms. The van der Waals surface area contributed by atoms with Gasteiger partial charge in [-0.3, -0.25) is 14.9 Å². The van der Waals surface area contributed by atoms with E-state index in [9.17, 15) is 25.0 Å². The van der Waals surface area contributed by atoms with Crippen LogP contribution in [-0.4, -0.2) is 26.0 Å². The first kappa shape index (κ1) is 20.2. The van der Waals surface area contributed by atoms with Crippen LogP contribution in [0, 0.1) is 20.2 Å². The minimum atomic E-state index is -0.820. The number of benzene rings is 2. The Bertz CT molecular complexity index is 1120. The van der Waals surface area contributed by atoms with Crippen LogP contribution < -0.4 is 10.1 Å². The van der Waals surface area contributed by atoms with Gasteiger partial charge >= 0.3 is 5.82 Å². The summed E-state index contributed by atoms with van der Waals surface area (Å²) in [5.74, 6) is -0.859. The molecular formula is C16H9BrClN5O6. The number of nitro benzene ring substituents is 1. The normalized spacial score (nSPS) is 10.4. The Labute approximate surface area is 175 Å². The van der Waals surface area contributed by atoms with Crippen LogP contribution in [0.5, 0.6) is 11.5 Å². The van der Waals surface area contributed by atoms with E-state index in [0.29, 0.717) is 10.8 Å². The van der Waals surface area contributed by atoms with Crippen molar-refractivity contribution in [2.75, 3.05) is 5.32 Å². The van der Waals surface area contributed by atoms with Gasteiger partial charge in [-0.25, -0.2) is 0 Å². The van der Waals surface area contributed by atoms with Crippen molar-refractivity contribution < 1.29 is 19.4 Å². The zero-order valence-corrected chi connectivity index (χ0v) is 16.4. The molecule has 0 unspecified atom stereocenters. The number of rotatable bonds is 6. The van der Waals surface area contributed by atoms with Gasteiger partial charge in [0.1, 0.15) is 16.0 Å². The third-order valence-electron chi connectivity index (χ3n) is 3.50. The molecule has 1 aromatic heterocycles. The fourth-order valence-corrected chi connectivity index (χ4v) is 2.87. The third kappa shape index (κ3) is 4.67. The quantitative estimate of drug-likeness (QED) is 0.382. The average molecular weight is 483 g/mol. The highest BCUT2D eigenvalue weighted by atomic mass is 79.9. The number of nitrogens with one attached hydrogen (secondary N) is 2. The zero-order valence-electron chi connectivity index (χ0n) is 14.1. The molecule has 3 rings (SSSR count). The Morgan fingerprint density at radius 1 is 1.10 bits per heavy atom. The summed E-state index contributed by atoms with van der Waals surface area (Å²) in [7, 11) is 0. The average Bonchev–Trinajstić information content (AvgIpc) is 3.05. The van der Waals surface area contributed by atoms with Crippen LogP contribution in [-0.2, 0) is 0 Å². The third-order valence-corrected chi connectivity index (χ3v) is 4.50. The summed E-state index contributed by atoms with van der Waals surface area (Å²) >= 11 is 8.74. The van der Waals surface area contributed by atoms with Crippen LogP contribution in [0.15, 0.2) is 46.9 Å². The van der Waals surface area contributed by atoms with Crippen molar-refractivity contribution in [2.45, 2.75) is 0 Å². The smallest absolute Gasteiger partial charge is 0.357 e. The maximum Gasteiger partial charge on any atom is 0.357 e. The summed E-state index contributed by atoms with van der Waals surface area (Å²) in [6.07, 6.45) is 0. The molecule has 0 aliphatic carbocycles. The summed E-state index contributed by atoms with van der Waals surface area (Å²) in [4.78, 5) is 33.0. The fourth-order valence-electron chi connectivity index (χ4n) is 2.24. The molecule has 0 bridgehead atoms. The van der Waals surface area contributed by atoms with E-state index in [1.54, 1.807) is 24.3 Å². The highest BCUT2D eigenvalue weighted by Gasteiger charge is 2.25. The lowest BCUT2D eigenvalue weighted by Gasteiger charge is -2.09. The molecule has 0 atom stereocenters. The first-order valence-corrected chi connectivity index (χ1v) is 8.84. The summed E-state index contributed by atoms with van der Waals surface area (Å²) in [5.41, 5.74) is -0.590. The van der Waals surface area contributed by atoms with Gasteiger partial charge in [-0.05, 0) is 45.1 Å². The predicted octanol–water partition coefficient (Wildman–Crippen LogP) is 4.69. The highest BCUT2D eigenvalue weighted by molar-refractivity contribution is 9.10. The van der Waals surface area contributed by atoms with E-state index in [1.807, 2.05) is 0 Å². The maximum absolute atomic E-state index is 12.4. The van der Waals surface area contributed by atoms with Crippen LogP contribution in [0.25, 0.3) is 0 Å². The number of hydrogen-bond acceptors (Lipinski definition) is 7. The summed E-state index contributed by atoms with van der Waals surface area (Å²) in [6.45, 7) is 0. The maximum atomic E-state index is 12.4. The number of hydrogen-bond donors (Lipinski definition) is 2. The Kier molecular flexibility index (Phi) is 5.75. The molecule has 13 heteroatoms. The number of carbonyl (C=O) groups is 1. The molecular weight excluding hydrogens is 474 g/mol. The van der Waals surface area contributed by atoms with E-state index in [0.717, 1.165) is 6.07 Å². The van der Waals surface area contributed by atoms with Gasteiger partial charge in [0.05, 0.1) is 16.7 Å². The number of aromatic amines is 1. The molecule has 3 aromatic rings. The number of anilines is 1. The Morgan fingerprint density at radius 3 is 2.38 bits per heavy atom. The molecule has 0 aliphatic rings. The summed E-state index contributed by atoms with van der Waals surface area (Å²) in [6, 6.07) is 9.95. The van der Waals surface area contributed by atoms with Crippen molar-refractivity contribution in [3.63, 3.8) is 0 Å². The van der Waals surface area contributed by atoms with Crippen LogP contribution in [0.4, 0.5) is 17.2 Å². The number of carbonyl (C=O) groups excluding carboxylic acids is 1. The second-order valence-corrected chi connectivity index (χ2v) is 6.70. The number of nitrogens with zero attached hydrogens (tertiary/aromatic N) is 3. The molecule has 2 N–H and O–H groups in total. The molecule has 0 aliphatic heterocycles. The van der Waals surface area contributed by atoms with Gasteiger partial charge in [0.15, 0.2) is 5.69 Å². The van der Waals surface area contributed by atoms with Crippen molar-refractivity contribution in [2.24, 2.45) is 0 Å². The number of amides is 1. The molecule has 11 nitrogen and oxygen atoms in total. The minimum Gasteiger partial charge on any atom is -0.457 e. The number of nitro groups is 2. The number of H-pyrrole nitrogens is 1. The van der Waals surface area contributed by atoms with Gasteiger partial charge in [-0.1, -0.05) is 16.7 Å². The predicted molar refractivity (Wildman–Crippen MR) is 106 cm³/mol. The molecule has 0 saturated heterocycles. The van der Waals surface area contributed by atoms with Gasteiger partial charge in [-0.2, -0.15) is 0 Å². The highest BCUT2D eigenvalue weighted by Crippen LogP contribution is 2.31. The number of halogens is 2. The van der Waals surface area contributed by atoms with Gasteiger partial charge in [0, 0.05) is 17.2 Å². The molecule has 0 radical (unpaired) electrons. The molecule has 29 heavy (non-hydrogen) atoms. The molecule has 2 aromatic carbocycles. The number of non-ortho nitro benzene ring substituents is 1. The van der Waals surface area contributed by atoms with E-state index < -0.39 is 21.6 Å². The lowest BCUT2D eigenvalue weighted by molar-refractivity contribution is -0.390. The number of ether oxygens (including phenoxy) is 1. The molecule has 1 amide bonds. The van der Waals surface area contributed by atoms with Crippen molar-refractivity contribution in [1.29, 1.82) is 0 Å². The summed E-state index contributed by atoms with van der Waals surface area (Å²) < 4.78 is 5.43. The van der Waals surface area contributed by atoms with Crippen molar-refractivity contribution in [1.82, 2.24) is 10.2 Å². The van der Waals surface area contributed by atoms with Crippen LogP contribution >= 0.6 is 27.5 Å². The van der Waals surface area contributed by atoms with Crippen molar-refractivity contribution in [3.05, 3.63) is 77.9 Å². The van der Waals surface area contributed by atoms with E-state index in [2.05, 4.69) is 31.4 Å². The van der Waals surface area contributed by atoms with Crippen LogP contribution in [0.1, 0.15) is 10.5 Å². The second-order valence-electron chi connectivity index (χ2n) is 5.47. The van der Waals surface area contributed by atoms with Gasteiger partial charge in [-0.15, -0.1) is 5.10 Å². The molecule has 0 saturated carbocycles. The molecule has 148 valence electrons. The Morgan fingerprint density at radius 2 is 1.79 bits per heavy atom. The second kappa shape index (κ2) is 8.24. The van der Waals surface area contributed by atoms with Gasteiger partial charge in [0.2, 0.25) is 0 Å². The largest absolute Gasteiger partial charge is 0.457 e. The lowest BCUT2D eigenvalue weighted by Crippen LogP contribution is -2.13. The van der Waals surface area contributed by atoms with E-state index in [1.165, 1.54) is 12.1 Å². The van der Waals surface area contributed by atoms with Gasteiger partial charge < -0.3 is 20.2 Å². The monoisotopic (exact) mass is 481 g/mol. The van der Waals surface area contributed by atoms with E-state index in [-0.39, 0.29) is 27.3 Å². The van der Waals surface area contributed by atoms with Crippen LogP contribution in [0.2, 0.25) is 5.02 Å². The molecule has 0 fully saturated rings. The van der Waals surface area contributed by atoms with Crippen molar-refractivity contribution in [3.8, 4) is 11.5 Å². The van der Waals surface area contributed by atoms with Gasteiger partial charge in [0.25, 0.3) is 11.6 Å². The topological polar surface area (TPSA) is 153 Å². The van der Waals surface area contributed by atoms with Crippen molar-refractivity contribution >= 4 is 50.6 Å². The summed E-state index contributed by atoms with van der Waals surface area (Å²) in [5, 5.41) is 30.7. The van der Waals surface area contributed by atoms with E-state index >= 15 is 0 Å². The first-order chi connectivity index (χ1) is 13.7. The standard InChI is InChI=1S/C16H9BrClN5O6/c17-13-14(20-21-15(13)23(27)28)16(24)19-9-5-10(22(25)26)7-12(6-9)29-11-3-1-8(18)2-4-11/h1-7H,(H,19,24)(H,20,21).